The van der Waals surface area contributed by atoms with Crippen LogP contribution in [0.3, 0.4) is 0 Å². The Kier molecular flexibility index (Phi) is 6.14. The van der Waals surface area contributed by atoms with Crippen LogP contribution in [0.4, 0.5) is 0 Å². The van der Waals surface area contributed by atoms with E-state index in [1.54, 1.807) is 7.11 Å². The van der Waals surface area contributed by atoms with E-state index in [-0.39, 0.29) is 5.91 Å². The molecule has 1 fully saturated rings. The van der Waals surface area contributed by atoms with Crippen LogP contribution in [0.15, 0.2) is 24.3 Å². The predicted molar refractivity (Wildman–Crippen MR) is 103 cm³/mol. The third kappa shape index (κ3) is 4.36. The van der Waals surface area contributed by atoms with Crippen molar-refractivity contribution in [3.05, 3.63) is 39.8 Å². The molecule has 0 unspecified atom stereocenters. The average molecular weight is 375 g/mol. The Morgan fingerprint density at radius 3 is 2.73 bits per heavy atom. The minimum absolute atomic E-state index is 0.126. The van der Waals surface area contributed by atoms with Crippen molar-refractivity contribution in [1.82, 2.24) is 9.88 Å². The van der Waals surface area contributed by atoms with Crippen molar-refractivity contribution in [1.29, 1.82) is 0 Å². The van der Waals surface area contributed by atoms with Crippen molar-refractivity contribution < 1.29 is 14.3 Å². The van der Waals surface area contributed by atoms with Gasteiger partial charge in [0.25, 0.3) is 5.91 Å². The number of likely N-dealkylation sites (tertiary alicyclic amines) is 1. The number of aryl methyl sites for hydroxylation is 2. The molecule has 5 nitrogen and oxygen atoms in total. The fraction of sp³-hybridized carbons (Fsp3) is 0.500. The first-order chi connectivity index (χ1) is 12.6. The van der Waals surface area contributed by atoms with Gasteiger partial charge in [0.15, 0.2) is 0 Å². The number of benzene rings is 1. The van der Waals surface area contributed by atoms with Gasteiger partial charge < -0.3 is 14.4 Å². The van der Waals surface area contributed by atoms with E-state index < -0.39 is 0 Å². The maximum absolute atomic E-state index is 12.9. The zero-order chi connectivity index (χ0) is 18.5. The van der Waals surface area contributed by atoms with Crippen molar-refractivity contribution in [3.63, 3.8) is 0 Å². The second kappa shape index (κ2) is 8.54. The molecule has 140 valence electrons. The number of hydrogen-bond acceptors (Lipinski definition) is 5. The molecule has 0 radical (unpaired) electrons. The van der Waals surface area contributed by atoms with E-state index in [1.165, 1.54) is 11.3 Å². The molecule has 0 N–H and O–H groups in total. The van der Waals surface area contributed by atoms with Crippen LogP contribution in [0.2, 0.25) is 0 Å². The van der Waals surface area contributed by atoms with Crippen molar-refractivity contribution in [2.24, 2.45) is 5.92 Å². The van der Waals surface area contributed by atoms with Gasteiger partial charge in [-0.05, 0) is 50.5 Å². The number of carbonyl (C=O) groups excluding carboxylic acids is 1. The van der Waals surface area contributed by atoms with Crippen molar-refractivity contribution in [3.8, 4) is 11.5 Å². The molecular formula is C20H26N2O3S. The van der Waals surface area contributed by atoms with Crippen molar-refractivity contribution in [2.45, 2.75) is 33.1 Å². The SMILES string of the molecule is CCc1nc(C)sc1C(=O)N1CCC[C@H](COc2ccc(OC)cc2)C1. The van der Waals surface area contributed by atoms with Crippen LogP contribution in [0.1, 0.15) is 40.1 Å². The second-order valence-corrected chi connectivity index (χ2v) is 7.81. The quantitative estimate of drug-likeness (QED) is 0.768. The molecule has 1 amide bonds. The van der Waals surface area contributed by atoms with E-state index >= 15 is 0 Å². The van der Waals surface area contributed by atoms with Gasteiger partial charge in [-0.2, -0.15) is 0 Å². The number of rotatable bonds is 6. The minimum Gasteiger partial charge on any atom is -0.497 e. The first-order valence-electron chi connectivity index (χ1n) is 9.13. The zero-order valence-electron chi connectivity index (χ0n) is 15.7. The van der Waals surface area contributed by atoms with Gasteiger partial charge in [0.05, 0.1) is 24.4 Å². The number of piperidine rings is 1. The summed E-state index contributed by atoms with van der Waals surface area (Å²) in [6.45, 7) is 6.20. The average Bonchev–Trinajstić information content (AvgIpc) is 3.07. The van der Waals surface area contributed by atoms with Gasteiger partial charge >= 0.3 is 0 Å². The summed E-state index contributed by atoms with van der Waals surface area (Å²) in [4.78, 5) is 20.2. The Hall–Kier alpha value is -2.08. The first kappa shape index (κ1) is 18.7. The van der Waals surface area contributed by atoms with E-state index in [0.29, 0.717) is 12.5 Å². The van der Waals surface area contributed by atoms with Crippen molar-refractivity contribution in [2.75, 3.05) is 26.8 Å². The van der Waals surface area contributed by atoms with E-state index in [1.807, 2.05) is 43.0 Å². The number of carbonyl (C=O) groups is 1. The van der Waals surface area contributed by atoms with Gasteiger partial charge in [0.2, 0.25) is 0 Å². The largest absolute Gasteiger partial charge is 0.497 e. The molecule has 2 heterocycles. The van der Waals surface area contributed by atoms with E-state index in [2.05, 4.69) is 4.98 Å². The molecule has 0 spiro atoms. The molecule has 0 bridgehead atoms. The van der Waals surface area contributed by atoms with Crippen LogP contribution in [-0.2, 0) is 6.42 Å². The molecule has 3 rings (SSSR count). The summed E-state index contributed by atoms with van der Waals surface area (Å²) in [5, 5.41) is 0.960. The number of aromatic nitrogens is 1. The van der Waals surface area contributed by atoms with Crippen LogP contribution in [0.5, 0.6) is 11.5 Å². The summed E-state index contributed by atoms with van der Waals surface area (Å²) >= 11 is 1.51. The molecule has 1 aliphatic heterocycles. The Balaban J connectivity index is 1.58. The van der Waals surface area contributed by atoms with Gasteiger partial charge in [-0.25, -0.2) is 4.98 Å². The number of nitrogens with zero attached hydrogens (tertiary/aromatic N) is 2. The number of hydrogen-bond donors (Lipinski definition) is 0. The lowest BCUT2D eigenvalue weighted by Crippen LogP contribution is -2.41. The summed E-state index contributed by atoms with van der Waals surface area (Å²) in [6.07, 6.45) is 2.90. The van der Waals surface area contributed by atoms with Gasteiger partial charge in [-0.1, -0.05) is 6.92 Å². The number of ether oxygens (including phenoxy) is 2. The van der Waals surface area contributed by atoms with Gasteiger partial charge in [0.1, 0.15) is 16.4 Å². The molecule has 1 aliphatic rings. The summed E-state index contributed by atoms with van der Waals surface area (Å²) in [6, 6.07) is 7.62. The van der Waals surface area contributed by atoms with E-state index in [0.717, 1.165) is 59.4 Å². The number of amides is 1. The highest BCUT2D eigenvalue weighted by molar-refractivity contribution is 7.13. The highest BCUT2D eigenvalue weighted by atomic mass is 32.1. The molecule has 6 heteroatoms. The van der Waals surface area contributed by atoms with Gasteiger partial charge in [0, 0.05) is 19.0 Å². The van der Waals surface area contributed by atoms with E-state index in [4.69, 9.17) is 9.47 Å². The third-order valence-corrected chi connectivity index (χ3v) is 5.69. The van der Waals surface area contributed by atoms with Gasteiger partial charge in [-0.3, -0.25) is 4.79 Å². The standard InChI is InChI=1S/C20H26N2O3S/c1-4-18-19(26-14(2)21-18)20(23)22-11-5-6-15(12-22)13-25-17-9-7-16(24-3)8-10-17/h7-10,15H,4-6,11-13H2,1-3H3/t15-/m0/s1. The number of methoxy groups -OCH3 is 1. The Labute approximate surface area is 159 Å². The maximum atomic E-state index is 12.9. The van der Waals surface area contributed by atoms with Crippen LogP contribution in [0.25, 0.3) is 0 Å². The minimum atomic E-state index is 0.126. The molecule has 1 aromatic carbocycles. The van der Waals surface area contributed by atoms with Crippen LogP contribution < -0.4 is 9.47 Å². The zero-order valence-corrected chi connectivity index (χ0v) is 16.5. The summed E-state index contributed by atoms with van der Waals surface area (Å²) in [5.74, 6) is 2.13. The lowest BCUT2D eigenvalue weighted by molar-refractivity contribution is 0.0637. The van der Waals surface area contributed by atoms with Crippen LogP contribution in [0, 0.1) is 12.8 Å². The van der Waals surface area contributed by atoms with Crippen molar-refractivity contribution >= 4 is 17.2 Å². The molecule has 1 atom stereocenters. The molecule has 1 aromatic heterocycles. The Morgan fingerprint density at radius 2 is 2.04 bits per heavy atom. The normalized spacial score (nSPS) is 17.2. The first-order valence-corrected chi connectivity index (χ1v) is 9.94. The molecule has 2 aromatic rings. The van der Waals surface area contributed by atoms with Crippen LogP contribution in [-0.4, -0.2) is 42.6 Å². The molecular weight excluding hydrogens is 348 g/mol. The smallest absolute Gasteiger partial charge is 0.265 e. The Bertz CT molecular complexity index is 742. The topological polar surface area (TPSA) is 51.7 Å². The monoisotopic (exact) mass is 374 g/mol. The fourth-order valence-corrected chi connectivity index (χ4v) is 4.27. The summed E-state index contributed by atoms with van der Waals surface area (Å²) < 4.78 is 11.1. The van der Waals surface area contributed by atoms with Crippen LogP contribution >= 0.6 is 11.3 Å². The van der Waals surface area contributed by atoms with Gasteiger partial charge in [-0.15, -0.1) is 11.3 Å². The molecule has 1 saturated heterocycles. The predicted octanol–water partition coefficient (Wildman–Crippen LogP) is 3.95. The lowest BCUT2D eigenvalue weighted by Gasteiger charge is -2.32. The second-order valence-electron chi connectivity index (χ2n) is 6.61. The summed E-state index contributed by atoms with van der Waals surface area (Å²) in [5.41, 5.74) is 0.925. The molecule has 0 saturated carbocycles. The third-order valence-electron chi connectivity index (χ3n) is 4.68. The Morgan fingerprint density at radius 1 is 1.31 bits per heavy atom. The molecule has 26 heavy (non-hydrogen) atoms. The fourth-order valence-electron chi connectivity index (χ4n) is 3.29. The number of thiazole rings is 1. The molecule has 0 aliphatic carbocycles. The van der Waals surface area contributed by atoms with E-state index in [9.17, 15) is 4.79 Å². The maximum Gasteiger partial charge on any atom is 0.265 e. The highest BCUT2D eigenvalue weighted by Gasteiger charge is 2.27. The lowest BCUT2D eigenvalue weighted by atomic mass is 9.98. The summed E-state index contributed by atoms with van der Waals surface area (Å²) in [7, 11) is 1.65. The highest BCUT2D eigenvalue weighted by Crippen LogP contribution is 2.25.